The minimum atomic E-state index is -0.100. The van der Waals surface area contributed by atoms with Crippen LogP contribution >= 0.6 is 11.6 Å². The van der Waals surface area contributed by atoms with E-state index in [0.29, 0.717) is 10.6 Å². The largest absolute Gasteiger partial charge is 0.322 e. The van der Waals surface area contributed by atoms with Crippen LogP contribution in [0.15, 0.2) is 48.5 Å². The van der Waals surface area contributed by atoms with Crippen LogP contribution in [0.2, 0.25) is 5.02 Å². The number of benzene rings is 2. The van der Waals surface area contributed by atoms with Crippen LogP contribution in [0.4, 0.5) is 5.69 Å². The van der Waals surface area contributed by atoms with Gasteiger partial charge in [0, 0.05) is 22.8 Å². The van der Waals surface area contributed by atoms with Gasteiger partial charge in [0.05, 0.1) is 0 Å². The fourth-order valence-electron chi connectivity index (χ4n) is 2.87. The highest BCUT2D eigenvalue weighted by Crippen LogP contribution is 2.16. The first-order valence-corrected chi connectivity index (χ1v) is 8.47. The summed E-state index contributed by atoms with van der Waals surface area (Å²) >= 11 is 5.85. The minimum Gasteiger partial charge on any atom is -0.322 e. The topological polar surface area (TPSA) is 32.3 Å². The van der Waals surface area contributed by atoms with Crippen LogP contribution in [-0.4, -0.2) is 23.9 Å². The normalized spacial score (nSPS) is 15.3. The Labute approximate surface area is 142 Å². The Hall–Kier alpha value is -1.84. The lowest BCUT2D eigenvalue weighted by atomic mass is 10.1. The monoisotopic (exact) mass is 328 g/mol. The van der Waals surface area contributed by atoms with E-state index in [4.69, 9.17) is 11.6 Å². The lowest BCUT2D eigenvalue weighted by molar-refractivity contribution is 0.102. The summed E-state index contributed by atoms with van der Waals surface area (Å²) < 4.78 is 0. The number of hydrogen-bond donors (Lipinski definition) is 1. The van der Waals surface area contributed by atoms with Gasteiger partial charge in [0.2, 0.25) is 0 Å². The molecule has 2 aromatic rings. The van der Waals surface area contributed by atoms with E-state index in [-0.39, 0.29) is 5.91 Å². The SMILES string of the molecule is O=C(Nc1ccc(Cl)cc1)c1ccc(CN2CCCCC2)cc1. The summed E-state index contributed by atoms with van der Waals surface area (Å²) in [6.45, 7) is 3.33. The summed E-state index contributed by atoms with van der Waals surface area (Å²) in [6.07, 6.45) is 3.93. The number of carbonyl (C=O) groups is 1. The second-order valence-electron chi connectivity index (χ2n) is 5.99. The Morgan fingerprint density at radius 3 is 2.26 bits per heavy atom. The van der Waals surface area contributed by atoms with Crippen molar-refractivity contribution in [1.82, 2.24) is 4.90 Å². The van der Waals surface area contributed by atoms with Crippen molar-refractivity contribution in [1.29, 1.82) is 0 Å². The molecule has 0 saturated carbocycles. The molecule has 4 heteroatoms. The highest BCUT2D eigenvalue weighted by molar-refractivity contribution is 6.30. The first-order chi connectivity index (χ1) is 11.2. The second-order valence-corrected chi connectivity index (χ2v) is 6.43. The molecule has 1 saturated heterocycles. The molecule has 1 fully saturated rings. The zero-order valence-corrected chi connectivity index (χ0v) is 13.9. The molecule has 0 aliphatic carbocycles. The van der Waals surface area contributed by atoms with Crippen molar-refractivity contribution < 1.29 is 4.79 Å². The average molecular weight is 329 g/mol. The predicted octanol–water partition coefficient (Wildman–Crippen LogP) is 4.58. The number of anilines is 1. The van der Waals surface area contributed by atoms with E-state index in [1.165, 1.54) is 37.9 Å². The second kappa shape index (κ2) is 7.62. The molecule has 1 aliphatic rings. The van der Waals surface area contributed by atoms with Gasteiger partial charge < -0.3 is 5.32 Å². The van der Waals surface area contributed by atoms with Gasteiger partial charge >= 0.3 is 0 Å². The summed E-state index contributed by atoms with van der Waals surface area (Å²) in [5, 5.41) is 3.54. The third-order valence-corrected chi connectivity index (χ3v) is 4.43. The van der Waals surface area contributed by atoms with Crippen LogP contribution < -0.4 is 5.32 Å². The summed E-state index contributed by atoms with van der Waals surface area (Å²) in [5.41, 5.74) is 2.68. The molecule has 0 radical (unpaired) electrons. The number of piperidine rings is 1. The van der Waals surface area contributed by atoms with Crippen LogP contribution in [-0.2, 0) is 6.54 Å². The number of hydrogen-bond acceptors (Lipinski definition) is 2. The Morgan fingerprint density at radius 2 is 1.61 bits per heavy atom. The van der Waals surface area contributed by atoms with Gasteiger partial charge in [0.25, 0.3) is 5.91 Å². The quantitative estimate of drug-likeness (QED) is 0.891. The maximum Gasteiger partial charge on any atom is 0.255 e. The molecule has 1 heterocycles. The number of carbonyl (C=O) groups excluding carboxylic acids is 1. The highest BCUT2D eigenvalue weighted by atomic mass is 35.5. The zero-order valence-electron chi connectivity index (χ0n) is 13.1. The average Bonchev–Trinajstić information content (AvgIpc) is 2.58. The van der Waals surface area contributed by atoms with Crippen molar-refractivity contribution in [2.24, 2.45) is 0 Å². The molecule has 120 valence electrons. The molecule has 0 unspecified atom stereocenters. The lowest BCUT2D eigenvalue weighted by Gasteiger charge is -2.26. The van der Waals surface area contributed by atoms with Crippen LogP contribution in [0.25, 0.3) is 0 Å². The van der Waals surface area contributed by atoms with E-state index in [9.17, 15) is 4.79 Å². The van der Waals surface area contributed by atoms with Gasteiger partial charge in [0.15, 0.2) is 0 Å². The molecule has 0 bridgehead atoms. The first kappa shape index (κ1) is 16.0. The van der Waals surface area contributed by atoms with Gasteiger partial charge in [-0.05, 0) is 67.9 Å². The number of halogens is 1. The third-order valence-electron chi connectivity index (χ3n) is 4.17. The molecule has 23 heavy (non-hydrogen) atoms. The number of likely N-dealkylation sites (tertiary alicyclic amines) is 1. The molecule has 3 rings (SSSR count). The molecule has 1 aliphatic heterocycles. The van der Waals surface area contributed by atoms with Crippen molar-refractivity contribution in [2.75, 3.05) is 18.4 Å². The highest BCUT2D eigenvalue weighted by Gasteiger charge is 2.11. The first-order valence-electron chi connectivity index (χ1n) is 8.09. The minimum absolute atomic E-state index is 0.100. The molecule has 3 nitrogen and oxygen atoms in total. The van der Waals surface area contributed by atoms with Crippen molar-refractivity contribution in [3.8, 4) is 0 Å². The van der Waals surface area contributed by atoms with E-state index in [2.05, 4.69) is 10.2 Å². The van der Waals surface area contributed by atoms with E-state index in [0.717, 1.165) is 12.2 Å². The summed E-state index contributed by atoms with van der Waals surface area (Å²) in [4.78, 5) is 14.7. The van der Waals surface area contributed by atoms with Gasteiger partial charge in [0.1, 0.15) is 0 Å². The van der Waals surface area contributed by atoms with Crippen LogP contribution in [0.1, 0.15) is 35.2 Å². The molecular formula is C19H21ClN2O. The van der Waals surface area contributed by atoms with Gasteiger partial charge in [-0.25, -0.2) is 0 Å². The zero-order chi connectivity index (χ0) is 16.1. The lowest BCUT2D eigenvalue weighted by Crippen LogP contribution is -2.29. The van der Waals surface area contributed by atoms with Gasteiger partial charge in [-0.15, -0.1) is 0 Å². The molecule has 0 spiro atoms. The number of nitrogens with zero attached hydrogens (tertiary/aromatic N) is 1. The van der Waals surface area contributed by atoms with Gasteiger partial charge in [-0.1, -0.05) is 30.2 Å². The van der Waals surface area contributed by atoms with Gasteiger partial charge in [-0.3, -0.25) is 9.69 Å². The van der Waals surface area contributed by atoms with Crippen molar-refractivity contribution in [3.05, 3.63) is 64.7 Å². The summed E-state index contributed by atoms with van der Waals surface area (Å²) in [6, 6.07) is 15.0. The molecular weight excluding hydrogens is 308 g/mol. The maximum atomic E-state index is 12.2. The summed E-state index contributed by atoms with van der Waals surface area (Å²) in [7, 11) is 0. The van der Waals surface area contributed by atoms with E-state index < -0.39 is 0 Å². The van der Waals surface area contributed by atoms with E-state index in [1.807, 2.05) is 24.3 Å². The Morgan fingerprint density at radius 1 is 0.957 bits per heavy atom. The fraction of sp³-hybridized carbons (Fsp3) is 0.316. The third kappa shape index (κ3) is 4.57. The molecule has 0 aromatic heterocycles. The van der Waals surface area contributed by atoms with Crippen molar-refractivity contribution >= 4 is 23.2 Å². The predicted molar refractivity (Wildman–Crippen MR) is 95.0 cm³/mol. The van der Waals surface area contributed by atoms with Crippen molar-refractivity contribution in [2.45, 2.75) is 25.8 Å². The standard InChI is InChI=1S/C19H21ClN2O/c20-17-8-10-18(11-9-17)21-19(23)16-6-4-15(5-7-16)14-22-12-2-1-3-13-22/h4-11H,1-3,12-14H2,(H,21,23). The molecule has 1 amide bonds. The van der Waals surface area contributed by atoms with Gasteiger partial charge in [-0.2, -0.15) is 0 Å². The van der Waals surface area contributed by atoms with Crippen LogP contribution in [0.3, 0.4) is 0 Å². The van der Waals surface area contributed by atoms with E-state index in [1.54, 1.807) is 24.3 Å². The molecule has 1 N–H and O–H groups in total. The van der Waals surface area contributed by atoms with Crippen LogP contribution in [0.5, 0.6) is 0 Å². The Kier molecular flexibility index (Phi) is 5.31. The van der Waals surface area contributed by atoms with E-state index >= 15 is 0 Å². The number of rotatable bonds is 4. The summed E-state index contributed by atoms with van der Waals surface area (Å²) in [5.74, 6) is -0.100. The molecule has 0 atom stereocenters. The Bertz CT molecular complexity index is 646. The Balaban J connectivity index is 1.59. The number of nitrogens with one attached hydrogen (secondary N) is 1. The maximum absolute atomic E-state index is 12.2. The fourth-order valence-corrected chi connectivity index (χ4v) is 3.00. The molecule has 2 aromatic carbocycles. The van der Waals surface area contributed by atoms with Crippen LogP contribution in [0, 0.1) is 0 Å². The van der Waals surface area contributed by atoms with Crippen molar-refractivity contribution in [3.63, 3.8) is 0 Å². The smallest absolute Gasteiger partial charge is 0.255 e. The number of amides is 1.